The number of hydrogen-bond donors (Lipinski definition) is 0. The van der Waals surface area contributed by atoms with Gasteiger partial charge in [0.1, 0.15) is 0 Å². The van der Waals surface area contributed by atoms with E-state index in [9.17, 15) is 4.79 Å². The van der Waals surface area contributed by atoms with Crippen LogP contribution in [0.15, 0.2) is 0 Å². The number of hydrogen-bond acceptors (Lipinski definition) is 3. The van der Waals surface area contributed by atoms with Gasteiger partial charge in [-0.2, -0.15) is 4.89 Å². The van der Waals surface area contributed by atoms with Crippen LogP contribution in [0.4, 0.5) is 0 Å². The molecule has 0 aromatic rings. The van der Waals surface area contributed by atoms with Gasteiger partial charge in [-0.1, -0.05) is 32.6 Å². The molecule has 0 atom stereocenters. The summed E-state index contributed by atoms with van der Waals surface area (Å²) in [7, 11) is 0. The summed E-state index contributed by atoms with van der Waals surface area (Å²) in [6, 6.07) is 0. The van der Waals surface area contributed by atoms with Crippen molar-refractivity contribution in [3.8, 4) is 0 Å². The normalized spacial score (nSPS) is 9.29. The molecule has 3 nitrogen and oxygen atoms in total. The molecule has 78 valence electrons. The first kappa shape index (κ1) is 16.6. The maximum absolute atomic E-state index is 10.9. The molecule has 0 heterocycles. The molecular weight excluding hydrogens is 192 g/mol. The zero-order valence-corrected chi connectivity index (χ0v) is 10.8. The average molecular weight is 213 g/mol. The van der Waals surface area contributed by atoms with Gasteiger partial charge in [0, 0.05) is 6.42 Å². The first-order chi connectivity index (χ1) is 6.31. The fraction of sp³-hybridized carbons (Fsp3) is 0.900. The van der Waals surface area contributed by atoms with Crippen LogP contribution in [0.5, 0.6) is 0 Å². The molecule has 0 saturated carbocycles. The molecule has 0 aliphatic rings. The fourth-order valence-corrected chi connectivity index (χ4v) is 1.04. The van der Waals surface area contributed by atoms with Gasteiger partial charge in [-0.25, -0.2) is 4.79 Å². The van der Waals surface area contributed by atoms with E-state index in [2.05, 4.69) is 16.7 Å². The maximum Gasteiger partial charge on any atom is 2.00 e. The Labute approximate surface area is 103 Å². The first-order valence-electron chi connectivity index (χ1n) is 5.13. The van der Waals surface area contributed by atoms with Crippen LogP contribution < -0.4 is 0 Å². The molecule has 0 spiro atoms. The number of carbonyl (C=O) groups excluding carboxylic acids is 1. The largest absolute Gasteiger partial charge is 2.00 e. The molecule has 0 aromatic carbocycles. The van der Waals surface area contributed by atoms with Gasteiger partial charge in [0.05, 0.1) is 6.61 Å². The van der Waals surface area contributed by atoms with Gasteiger partial charge in [-0.15, -0.1) is 0 Å². The number of rotatable bonds is 8. The first-order valence-corrected chi connectivity index (χ1v) is 5.13. The van der Waals surface area contributed by atoms with Crippen LogP contribution in [0, 0.1) is 0 Å². The Bertz CT molecular complexity index is 129. The number of unbranched alkanes of at least 4 members (excludes halogenated alkanes) is 4. The Balaban J connectivity index is 0. The molecule has 0 unspecified atom stereocenters. The van der Waals surface area contributed by atoms with Gasteiger partial charge in [0.2, 0.25) is 0 Å². The van der Waals surface area contributed by atoms with Crippen LogP contribution in [0.3, 0.4) is 0 Å². The Kier molecular flexibility index (Phi) is 15.7. The molecule has 0 amide bonds. The smallest absolute Gasteiger partial charge is 0.298 e. The van der Waals surface area contributed by atoms with E-state index >= 15 is 0 Å². The monoisotopic (exact) mass is 212 g/mol. The van der Waals surface area contributed by atoms with Gasteiger partial charge in [-0.05, 0) is 13.3 Å². The Morgan fingerprint density at radius 1 is 1.07 bits per heavy atom. The van der Waals surface area contributed by atoms with Crippen LogP contribution in [0.1, 0.15) is 52.4 Å². The third kappa shape index (κ3) is 12.2. The molecule has 14 heavy (non-hydrogen) atoms. The van der Waals surface area contributed by atoms with E-state index in [1.807, 2.05) is 0 Å². The van der Waals surface area contributed by atoms with Crippen molar-refractivity contribution in [3.63, 3.8) is 0 Å². The van der Waals surface area contributed by atoms with E-state index in [4.69, 9.17) is 0 Å². The molecule has 0 fully saturated rings. The third-order valence-corrected chi connectivity index (χ3v) is 1.75. The van der Waals surface area contributed by atoms with Crippen LogP contribution in [-0.4, -0.2) is 35.6 Å². The van der Waals surface area contributed by atoms with E-state index in [1.54, 1.807) is 6.92 Å². The predicted molar refractivity (Wildman–Crippen MR) is 56.8 cm³/mol. The standard InChI is InChI=1S/C10H20O3.Mg/c1-3-5-6-7-8-9-10(11)13-12-4-2;/h3-9H2,1-2H3;/q;+2. The molecule has 0 radical (unpaired) electrons. The topological polar surface area (TPSA) is 35.5 Å². The molecule has 0 bridgehead atoms. The SMILES string of the molecule is CCCCCCCC(=O)OOCC.[Mg+2]. The molecule has 0 aliphatic carbocycles. The molecular formula is C10H20MgO3+2. The van der Waals surface area contributed by atoms with Crippen LogP contribution >= 0.6 is 0 Å². The fourth-order valence-electron chi connectivity index (χ4n) is 1.04. The van der Waals surface area contributed by atoms with Crippen LogP contribution in [-0.2, 0) is 14.6 Å². The predicted octanol–water partition coefficient (Wildman–Crippen LogP) is 2.46. The van der Waals surface area contributed by atoms with Crippen molar-refractivity contribution in [1.29, 1.82) is 0 Å². The Hall–Kier alpha value is 0.196. The summed E-state index contributed by atoms with van der Waals surface area (Å²) in [5.41, 5.74) is 0. The summed E-state index contributed by atoms with van der Waals surface area (Å²) in [5.74, 6) is -0.252. The van der Waals surface area contributed by atoms with Gasteiger partial charge >= 0.3 is 29.0 Å². The van der Waals surface area contributed by atoms with Crippen molar-refractivity contribution in [1.82, 2.24) is 0 Å². The second-order valence-corrected chi connectivity index (χ2v) is 3.03. The minimum atomic E-state index is -0.252. The van der Waals surface area contributed by atoms with Crippen molar-refractivity contribution >= 4 is 29.0 Å². The van der Waals surface area contributed by atoms with Crippen molar-refractivity contribution in [2.75, 3.05) is 6.61 Å². The molecule has 0 N–H and O–H groups in total. The zero-order chi connectivity index (χ0) is 9.94. The van der Waals surface area contributed by atoms with Gasteiger partial charge in [0.15, 0.2) is 0 Å². The summed E-state index contributed by atoms with van der Waals surface area (Å²) < 4.78 is 0. The Morgan fingerprint density at radius 2 is 1.71 bits per heavy atom. The second kappa shape index (κ2) is 13.2. The van der Waals surface area contributed by atoms with Gasteiger partial charge in [-0.3, -0.25) is 4.89 Å². The van der Waals surface area contributed by atoms with Crippen molar-refractivity contribution in [2.24, 2.45) is 0 Å². The third-order valence-electron chi connectivity index (χ3n) is 1.75. The maximum atomic E-state index is 10.9. The summed E-state index contributed by atoms with van der Waals surface area (Å²) in [5, 5.41) is 0. The van der Waals surface area contributed by atoms with Crippen molar-refractivity contribution in [3.05, 3.63) is 0 Å². The van der Waals surface area contributed by atoms with Crippen LogP contribution in [0.2, 0.25) is 0 Å². The molecule has 4 heteroatoms. The van der Waals surface area contributed by atoms with Gasteiger partial charge in [0.25, 0.3) is 0 Å². The molecule has 0 rings (SSSR count). The van der Waals surface area contributed by atoms with Gasteiger partial charge < -0.3 is 0 Å². The minimum Gasteiger partial charge on any atom is -0.298 e. The molecule has 0 saturated heterocycles. The summed E-state index contributed by atoms with van der Waals surface area (Å²) in [4.78, 5) is 19.9. The number of carbonyl (C=O) groups is 1. The van der Waals surface area contributed by atoms with Crippen LogP contribution in [0.25, 0.3) is 0 Å². The second-order valence-electron chi connectivity index (χ2n) is 3.03. The minimum absolute atomic E-state index is 0. The van der Waals surface area contributed by atoms with E-state index in [1.165, 1.54) is 19.3 Å². The zero-order valence-electron chi connectivity index (χ0n) is 9.38. The summed E-state index contributed by atoms with van der Waals surface area (Å²) in [6.45, 7) is 4.37. The Morgan fingerprint density at radius 3 is 2.29 bits per heavy atom. The molecule has 0 aliphatic heterocycles. The van der Waals surface area contributed by atoms with Crippen molar-refractivity contribution < 1.29 is 14.6 Å². The van der Waals surface area contributed by atoms with Crippen molar-refractivity contribution in [2.45, 2.75) is 52.4 Å². The summed E-state index contributed by atoms with van der Waals surface area (Å²) >= 11 is 0. The van der Waals surface area contributed by atoms with E-state index in [0.717, 1.165) is 12.8 Å². The average Bonchev–Trinajstić information content (AvgIpc) is 2.14. The molecule has 0 aromatic heterocycles. The summed E-state index contributed by atoms with van der Waals surface area (Å²) in [6.07, 6.45) is 6.17. The van der Waals surface area contributed by atoms with E-state index in [0.29, 0.717) is 13.0 Å². The van der Waals surface area contributed by atoms with E-state index < -0.39 is 0 Å². The van der Waals surface area contributed by atoms with E-state index in [-0.39, 0.29) is 29.0 Å². The quantitative estimate of drug-likeness (QED) is 0.268.